The number of nitrogens with zero attached hydrogens (tertiary/aromatic N) is 1. The van der Waals surface area contributed by atoms with Crippen molar-refractivity contribution in [3.8, 4) is 17.3 Å². The number of nitriles is 1. The summed E-state index contributed by atoms with van der Waals surface area (Å²) in [6.07, 6.45) is 3.25. The van der Waals surface area contributed by atoms with Gasteiger partial charge in [0.05, 0.1) is 27.4 Å². The lowest BCUT2D eigenvalue weighted by molar-refractivity contribution is 1.29. The highest BCUT2D eigenvalue weighted by Crippen LogP contribution is 2.33. The van der Waals surface area contributed by atoms with Crippen molar-refractivity contribution in [1.29, 1.82) is 5.26 Å². The van der Waals surface area contributed by atoms with Gasteiger partial charge in [-0.2, -0.15) is 5.26 Å². The number of halogens is 1. The monoisotopic (exact) mass is 313 g/mol. The fourth-order valence-corrected chi connectivity index (χ4v) is 2.67. The number of hydrogen-bond acceptors (Lipinski definition) is 2. The normalized spacial score (nSPS) is 10.5. The predicted octanol–water partition coefficient (Wildman–Crippen LogP) is 3.16. The van der Waals surface area contributed by atoms with Crippen molar-refractivity contribution in [3.05, 3.63) is 56.9 Å². The Labute approximate surface area is 116 Å². The summed E-state index contributed by atoms with van der Waals surface area (Å²) in [5.41, 5.74) is 2.67. The molecule has 0 bridgehead atoms. The molecule has 0 aliphatic heterocycles. The van der Waals surface area contributed by atoms with E-state index in [1.54, 1.807) is 24.5 Å². The van der Waals surface area contributed by atoms with E-state index in [4.69, 9.17) is 5.26 Å². The zero-order chi connectivity index (χ0) is 13.4. The molecular formula is C14H8BrN3O. The maximum absolute atomic E-state index is 11.9. The van der Waals surface area contributed by atoms with Crippen LogP contribution in [0.15, 0.2) is 45.9 Å². The molecule has 3 rings (SSSR count). The van der Waals surface area contributed by atoms with Crippen LogP contribution < -0.4 is 5.43 Å². The van der Waals surface area contributed by atoms with Crippen LogP contribution in [0.5, 0.6) is 0 Å². The Bertz CT molecular complexity index is 870. The fraction of sp³-hybridized carbons (Fsp3) is 0. The molecule has 0 aliphatic carbocycles. The van der Waals surface area contributed by atoms with Gasteiger partial charge in [0.2, 0.25) is 0 Å². The van der Waals surface area contributed by atoms with E-state index in [1.165, 1.54) is 6.07 Å². The van der Waals surface area contributed by atoms with Crippen LogP contribution in [0, 0.1) is 11.3 Å². The molecule has 92 valence electrons. The van der Waals surface area contributed by atoms with Gasteiger partial charge in [-0.15, -0.1) is 0 Å². The van der Waals surface area contributed by atoms with Gasteiger partial charge >= 0.3 is 0 Å². The lowest BCUT2D eigenvalue weighted by Crippen LogP contribution is -2.02. The van der Waals surface area contributed by atoms with E-state index in [9.17, 15) is 4.79 Å². The minimum atomic E-state index is -0.0634. The molecule has 0 spiro atoms. The second-order valence-corrected chi connectivity index (χ2v) is 4.90. The number of aromatic nitrogens is 2. The molecule has 4 nitrogen and oxygen atoms in total. The Kier molecular flexibility index (Phi) is 2.73. The van der Waals surface area contributed by atoms with Gasteiger partial charge < -0.3 is 9.97 Å². The largest absolute Gasteiger partial charge is 0.367 e. The molecule has 2 aromatic heterocycles. The molecular weight excluding hydrogens is 306 g/mol. The highest BCUT2D eigenvalue weighted by atomic mass is 79.9. The second-order valence-electron chi connectivity index (χ2n) is 4.11. The van der Waals surface area contributed by atoms with Crippen molar-refractivity contribution >= 4 is 26.8 Å². The van der Waals surface area contributed by atoms with Crippen LogP contribution in [0.2, 0.25) is 0 Å². The van der Waals surface area contributed by atoms with E-state index in [2.05, 4.69) is 32.0 Å². The molecule has 2 N–H and O–H groups in total. The minimum Gasteiger partial charge on any atom is -0.367 e. The SMILES string of the molecule is N#Cc1ccc2[nH]c(-c3c[nH]ccc3=O)c(Br)c2c1. The zero-order valence-electron chi connectivity index (χ0n) is 9.70. The van der Waals surface area contributed by atoms with Crippen molar-refractivity contribution < 1.29 is 0 Å². The Morgan fingerprint density at radius 1 is 1.26 bits per heavy atom. The lowest BCUT2D eigenvalue weighted by Gasteiger charge is -1.97. The van der Waals surface area contributed by atoms with Crippen LogP contribution in [0.3, 0.4) is 0 Å². The van der Waals surface area contributed by atoms with Gasteiger partial charge in [-0.3, -0.25) is 4.79 Å². The minimum absolute atomic E-state index is 0.0634. The Morgan fingerprint density at radius 3 is 2.84 bits per heavy atom. The average Bonchev–Trinajstić information content (AvgIpc) is 2.76. The van der Waals surface area contributed by atoms with Gasteiger partial charge in [0.25, 0.3) is 0 Å². The molecule has 5 heteroatoms. The molecule has 0 amide bonds. The number of fused-ring (bicyclic) bond motifs is 1. The summed E-state index contributed by atoms with van der Waals surface area (Å²) in [6, 6.07) is 8.95. The Hall–Kier alpha value is -2.32. The fourth-order valence-electron chi connectivity index (χ4n) is 2.03. The first kappa shape index (κ1) is 11.8. The van der Waals surface area contributed by atoms with Crippen LogP contribution in [0.1, 0.15) is 5.56 Å². The molecule has 0 aliphatic rings. The Morgan fingerprint density at radius 2 is 2.11 bits per heavy atom. The second kappa shape index (κ2) is 4.41. The van der Waals surface area contributed by atoms with Crippen LogP contribution in [-0.2, 0) is 0 Å². The third-order valence-electron chi connectivity index (χ3n) is 2.96. The summed E-state index contributed by atoms with van der Waals surface area (Å²) < 4.78 is 0.788. The van der Waals surface area contributed by atoms with Crippen LogP contribution in [0.4, 0.5) is 0 Å². The van der Waals surface area contributed by atoms with Crippen LogP contribution in [0.25, 0.3) is 22.2 Å². The van der Waals surface area contributed by atoms with Crippen molar-refractivity contribution in [3.63, 3.8) is 0 Å². The molecule has 0 saturated heterocycles. The molecule has 0 atom stereocenters. The number of nitrogens with one attached hydrogen (secondary N) is 2. The van der Waals surface area contributed by atoms with E-state index < -0.39 is 0 Å². The quantitative estimate of drug-likeness (QED) is 0.724. The van der Waals surface area contributed by atoms with Crippen molar-refractivity contribution in [2.75, 3.05) is 0 Å². The van der Waals surface area contributed by atoms with E-state index >= 15 is 0 Å². The van der Waals surface area contributed by atoms with Crippen molar-refractivity contribution in [1.82, 2.24) is 9.97 Å². The standard InChI is InChI=1S/C14H8BrN3O/c15-13-9-5-8(6-16)1-2-11(9)18-14(13)10-7-17-4-3-12(10)19/h1-5,7,18H,(H,17,19). The first-order valence-corrected chi connectivity index (χ1v) is 6.39. The number of benzene rings is 1. The van der Waals surface area contributed by atoms with E-state index in [1.807, 2.05) is 6.07 Å². The summed E-state index contributed by atoms with van der Waals surface area (Å²) in [4.78, 5) is 18.0. The number of aromatic amines is 2. The van der Waals surface area contributed by atoms with Crippen molar-refractivity contribution in [2.45, 2.75) is 0 Å². The van der Waals surface area contributed by atoms with Gasteiger partial charge in [-0.1, -0.05) is 0 Å². The molecule has 3 aromatic rings. The number of hydrogen-bond donors (Lipinski definition) is 2. The first-order chi connectivity index (χ1) is 9.20. The third kappa shape index (κ3) is 1.86. The molecule has 0 unspecified atom stereocenters. The summed E-state index contributed by atoms with van der Waals surface area (Å²) in [5, 5.41) is 9.81. The molecule has 2 heterocycles. The van der Waals surface area contributed by atoms with Gasteiger partial charge in [0, 0.05) is 29.4 Å². The Balaban J connectivity index is 2.33. The number of pyridine rings is 1. The summed E-state index contributed by atoms with van der Waals surface area (Å²) in [7, 11) is 0. The summed E-state index contributed by atoms with van der Waals surface area (Å²) in [6.45, 7) is 0. The molecule has 0 fully saturated rings. The third-order valence-corrected chi connectivity index (χ3v) is 3.78. The summed E-state index contributed by atoms with van der Waals surface area (Å²) in [5.74, 6) is 0. The van der Waals surface area contributed by atoms with E-state index in [0.29, 0.717) is 16.8 Å². The smallest absolute Gasteiger partial charge is 0.190 e. The average molecular weight is 314 g/mol. The maximum Gasteiger partial charge on any atom is 0.190 e. The van der Waals surface area contributed by atoms with E-state index in [-0.39, 0.29) is 5.43 Å². The van der Waals surface area contributed by atoms with Crippen LogP contribution in [-0.4, -0.2) is 9.97 Å². The predicted molar refractivity (Wildman–Crippen MR) is 76.8 cm³/mol. The lowest BCUT2D eigenvalue weighted by atomic mass is 10.1. The van der Waals surface area contributed by atoms with Crippen LogP contribution >= 0.6 is 15.9 Å². The highest BCUT2D eigenvalue weighted by Gasteiger charge is 2.13. The van der Waals surface area contributed by atoms with Gasteiger partial charge in [-0.05, 0) is 34.1 Å². The van der Waals surface area contributed by atoms with Gasteiger partial charge in [-0.25, -0.2) is 0 Å². The summed E-state index contributed by atoms with van der Waals surface area (Å²) >= 11 is 3.49. The molecule has 19 heavy (non-hydrogen) atoms. The maximum atomic E-state index is 11.9. The zero-order valence-corrected chi connectivity index (χ0v) is 11.3. The van der Waals surface area contributed by atoms with Gasteiger partial charge in [0.1, 0.15) is 0 Å². The molecule has 0 radical (unpaired) electrons. The topological polar surface area (TPSA) is 72.4 Å². The van der Waals surface area contributed by atoms with Gasteiger partial charge in [0.15, 0.2) is 5.43 Å². The molecule has 1 aromatic carbocycles. The number of H-pyrrole nitrogens is 2. The highest BCUT2D eigenvalue weighted by molar-refractivity contribution is 9.10. The number of rotatable bonds is 1. The molecule has 0 saturated carbocycles. The first-order valence-electron chi connectivity index (χ1n) is 5.59. The van der Waals surface area contributed by atoms with E-state index in [0.717, 1.165) is 15.4 Å². The van der Waals surface area contributed by atoms with Crippen molar-refractivity contribution in [2.24, 2.45) is 0 Å².